The molecule has 2 N–H and O–H groups in total. The molecule has 0 radical (unpaired) electrons. The molecule has 2 saturated heterocycles. The van der Waals surface area contributed by atoms with Gasteiger partial charge in [0, 0.05) is 37.4 Å². The third kappa shape index (κ3) is 4.80. The standard InChI is InChI=1S/C15H23N3O.2ClH/c19-15-11-18(14-3-7-17-8-4-14)10-13(15)9-12-1-5-16-6-2-12;;/h1-2,5-6,13-15,17,19H,3-4,7-11H2;2*1H/t13-,15+;;/m1../s1. The van der Waals surface area contributed by atoms with Crippen molar-refractivity contribution >= 4 is 24.8 Å². The lowest BCUT2D eigenvalue weighted by Gasteiger charge is -2.31. The van der Waals surface area contributed by atoms with E-state index in [9.17, 15) is 5.11 Å². The molecule has 3 heterocycles. The molecule has 0 spiro atoms. The molecule has 2 fully saturated rings. The van der Waals surface area contributed by atoms with Crippen LogP contribution in [0.2, 0.25) is 0 Å². The fourth-order valence-electron chi connectivity index (χ4n) is 3.38. The van der Waals surface area contributed by atoms with Crippen LogP contribution in [-0.4, -0.2) is 53.3 Å². The van der Waals surface area contributed by atoms with Gasteiger partial charge in [-0.05, 0) is 50.0 Å². The molecule has 0 amide bonds. The van der Waals surface area contributed by atoms with Gasteiger partial charge in [0.15, 0.2) is 0 Å². The van der Waals surface area contributed by atoms with Crippen molar-refractivity contribution in [3.63, 3.8) is 0 Å². The lowest BCUT2D eigenvalue weighted by atomic mass is 9.97. The number of likely N-dealkylation sites (tertiary alicyclic amines) is 1. The number of aliphatic hydroxyl groups is 1. The maximum absolute atomic E-state index is 10.3. The van der Waals surface area contributed by atoms with Gasteiger partial charge < -0.3 is 10.4 Å². The Morgan fingerprint density at radius 1 is 1.14 bits per heavy atom. The van der Waals surface area contributed by atoms with E-state index < -0.39 is 0 Å². The molecule has 2 aliphatic rings. The lowest BCUT2D eigenvalue weighted by molar-refractivity contribution is 0.130. The number of nitrogens with one attached hydrogen (secondary N) is 1. The van der Waals surface area contributed by atoms with E-state index in [4.69, 9.17) is 0 Å². The predicted octanol–water partition coefficient (Wildman–Crippen LogP) is 1.51. The number of β-amino-alcohol motifs (C(OH)–C–C–N with tert-alkyl or cyclic N) is 1. The maximum Gasteiger partial charge on any atom is 0.0710 e. The molecular formula is C15H25Cl2N3O. The van der Waals surface area contributed by atoms with Gasteiger partial charge in [0.05, 0.1) is 6.10 Å². The number of hydrogen-bond acceptors (Lipinski definition) is 4. The quantitative estimate of drug-likeness (QED) is 0.880. The van der Waals surface area contributed by atoms with Crippen molar-refractivity contribution in [3.05, 3.63) is 30.1 Å². The third-order valence-electron chi connectivity index (χ3n) is 4.51. The number of nitrogens with zero attached hydrogens (tertiary/aromatic N) is 2. The molecule has 2 aliphatic heterocycles. The Kier molecular flexibility index (Phi) is 7.92. The van der Waals surface area contributed by atoms with Crippen molar-refractivity contribution in [2.75, 3.05) is 26.2 Å². The van der Waals surface area contributed by atoms with Crippen LogP contribution in [0.1, 0.15) is 18.4 Å². The number of rotatable bonds is 3. The van der Waals surface area contributed by atoms with Crippen molar-refractivity contribution in [1.29, 1.82) is 0 Å². The summed E-state index contributed by atoms with van der Waals surface area (Å²) in [6.07, 6.45) is 6.89. The second-order valence-electron chi connectivity index (χ2n) is 5.82. The number of piperidine rings is 1. The smallest absolute Gasteiger partial charge is 0.0710 e. The fraction of sp³-hybridized carbons (Fsp3) is 0.667. The van der Waals surface area contributed by atoms with Crippen molar-refractivity contribution in [2.24, 2.45) is 5.92 Å². The lowest BCUT2D eigenvalue weighted by Crippen LogP contribution is -2.42. The highest BCUT2D eigenvalue weighted by Gasteiger charge is 2.35. The van der Waals surface area contributed by atoms with Gasteiger partial charge in [0.2, 0.25) is 0 Å². The first-order valence-corrected chi connectivity index (χ1v) is 7.34. The minimum absolute atomic E-state index is 0. The van der Waals surface area contributed by atoms with Crippen LogP contribution in [0, 0.1) is 5.92 Å². The van der Waals surface area contributed by atoms with Crippen molar-refractivity contribution in [1.82, 2.24) is 15.2 Å². The van der Waals surface area contributed by atoms with Crippen LogP contribution in [0.15, 0.2) is 24.5 Å². The molecule has 3 rings (SSSR count). The normalized spacial score (nSPS) is 26.9. The van der Waals surface area contributed by atoms with Gasteiger partial charge in [-0.1, -0.05) is 0 Å². The number of halogens is 2. The molecule has 2 atom stereocenters. The third-order valence-corrected chi connectivity index (χ3v) is 4.51. The summed E-state index contributed by atoms with van der Waals surface area (Å²) in [6.45, 7) is 4.12. The number of aromatic nitrogens is 1. The second kappa shape index (κ2) is 8.91. The highest BCUT2D eigenvalue weighted by Crippen LogP contribution is 2.25. The van der Waals surface area contributed by atoms with E-state index in [1.54, 1.807) is 0 Å². The first-order chi connectivity index (χ1) is 9.33. The maximum atomic E-state index is 10.3. The second-order valence-corrected chi connectivity index (χ2v) is 5.82. The highest BCUT2D eigenvalue weighted by molar-refractivity contribution is 5.85. The zero-order valence-electron chi connectivity index (χ0n) is 12.1. The summed E-state index contributed by atoms with van der Waals surface area (Å²) in [5, 5.41) is 13.7. The summed E-state index contributed by atoms with van der Waals surface area (Å²) in [6, 6.07) is 4.78. The van der Waals surface area contributed by atoms with Crippen LogP contribution in [0.5, 0.6) is 0 Å². The Bertz CT molecular complexity index is 401. The van der Waals surface area contributed by atoms with Crippen LogP contribution in [-0.2, 0) is 6.42 Å². The first-order valence-electron chi connectivity index (χ1n) is 7.34. The van der Waals surface area contributed by atoms with Crippen LogP contribution in [0.3, 0.4) is 0 Å². The molecule has 1 aromatic rings. The summed E-state index contributed by atoms with van der Waals surface area (Å²) in [7, 11) is 0. The Morgan fingerprint density at radius 2 is 1.81 bits per heavy atom. The number of pyridine rings is 1. The Balaban J connectivity index is 0.00000110. The number of aliphatic hydroxyl groups excluding tert-OH is 1. The molecule has 1 aromatic heterocycles. The SMILES string of the molecule is Cl.Cl.O[C@H]1CN(C2CCNCC2)C[C@H]1Cc1ccncc1. The van der Waals surface area contributed by atoms with Crippen LogP contribution in [0.25, 0.3) is 0 Å². The molecule has 0 bridgehead atoms. The zero-order valence-corrected chi connectivity index (χ0v) is 13.8. The molecule has 120 valence electrons. The Labute approximate surface area is 139 Å². The van der Waals surface area contributed by atoms with E-state index >= 15 is 0 Å². The molecule has 4 nitrogen and oxygen atoms in total. The molecule has 0 saturated carbocycles. The van der Waals surface area contributed by atoms with Gasteiger partial charge in [-0.3, -0.25) is 9.88 Å². The summed E-state index contributed by atoms with van der Waals surface area (Å²) < 4.78 is 0. The van der Waals surface area contributed by atoms with E-state index in [1.807, 2.05) is 12.4 Å². The molecule has 0 aromatic carbocycles. The van der Waals surface area contributed by atoms with E-state index in [-0.39, 0.29) is 30.9 Å². The van der Waals surface area contributed by atoms with Crippen molar-refractivity contribution in [2.45, 2.75) is 31.4 Å². The first kappa shape index (κ1) is 18.7. The van der Waals surface area contributed by atoms with E-state index in [2.05, 4.69) is 27.3 Å². The molecule has 0 unspecified atom stereocenters. The monoisotopic (exact) mass is 333 g/mol. The molecule has 0 aliphatic carbocycles. The molecule has 21 heavy (non-hydrogen) atoms. The summed E-state index contributed by atoms with van der Waals surface area (Å²) in [5.74, 6) is 0.372. The fourth-order valence-corrected chi connectivity index (χ4v) is 3.38. The van der Waals surface area contributed by atoms with Crippen molar-refractivity contribution in [3.8, 4) is 0 Å². The van der Waals surface area contributed by atoms with Gasteiger partial charge in [0.1, 0.15) is 0 Å². The van der Waals surface area contributed by atoms with Crippen LogP contribution >= 0.6 is 24.8 Å². The van der Waals surface area contributed by atoms with Crippen LogP contribution < -0.4 is 5.32 Å². The van der Waals surface area contributed by atoms with Gasteiger partial charge >= 0.3 is 0 Å². The number of hydrogen-bond donors (Lipinski definition) is 2. The summed E-state index contributed by atoms with van der Waals surface area (Å²) in [5.41, 5.74) is 1.28. The average molecular weight is 334 g/mol. The van der Waals surface area contributed by atoms with E-state index in [1.165, 1.54) is 18.4 Å². The van der Waals surface area contributed by atoms with Crippen molar-refractivity contribution < 1.29 is 5.11 Å². The highest BCUT2D eigenvalue weighted by atomic mass is 35.5. The topological polar surface area (TPSA) is 48.4 Å². The van der Waals surface area contributed by atoms with Gasteiger partial charge in [-0.25, -0.2) is 0 Å². The summed E-state index contributed by atoms with van der Waals surface area (Å²) >= 11 is 0. The summed E-state index contributed by atoms with van der Waals surface area (Å²) in [4.78, 5) is 6.54. The van der Waals surface area contributed by atoms with E-state index in [0.29, 0.717) is 12.0 Å². The zero-order chi connectivity index (χ0) is 13.1. The van der Waals surface area contributed by atoms with Gasteiger partial charge in [0.25, 0.3) is 0 Å². The van der Waals surface area contributed by atoms with Crippen LogP contribution in [0.4, 0.5) is 0 Å². The van der Waals surface area contributed by atoms with Gasteiger partial charge in [-0.15, -0.1) is 24.8 Å². The minimum Gasteiger partial charge on any atom is -0.391 e. The predicted molar refractivity (Wildman–Crippen MR) is 89.4 cm³/mol. The average Bonchev–Trinajstić information content (AvgIpc) is 2.82. The Hall–Kier alpha value is -0.390. The van der Waals surface area contributed by atoms with Gasteiger partial charge in [-0.2, -0.15) is 0 Å². The van der Waals surface area contributed by atoms with E-state index in [0.717, 1.165) is 32.6 Å². The molecular weight excluding hydrogens is 309 g/mol. The minimum atomic E-state index is -0.178. The molecule has 6 heteroatoms. The Morgan fingerprint density at radius 3 is 2.48 bits per heavy atom. The largest absolute Gasteiger partial charge is 0.391 e.